The van der Waals surface area contributed by atoms with Crippen molar-refractivity contribution in [2.75, 3.05) is 32.1 Å². The Morgan fingerprint density at radius 2 is 2.17 bits per heavy atom. The van der Waals surface area contributed by atoms with Gasteiger partial charge >= 0.3 is 11.7 Å². The van der Waals surface area contributed by atoms with Gasteiger partial charge in [0.05, 0.1) is 19.4 Å². The van der Waals surface area contributed by atoms with Crippen LogP contribution in [-0.2, 0) is 4.74 Å². The van der Waals surface area contributed by atoms with E-state index in [1.54, 1.807) is 25.1 Å². The number of methoxy groups -OCH3 is 1. The number of aromatic nitrogens is 4. The SMILES string of the molecule is CCOC(=O)c1nc(NC[C@@H]2CCCN2)nc2c1[nH]c(=O)n2-c1ccccc1OC. The van der Waals surface area contributed by atoms with Crippen LogP contribution in [0.25, 0.3) is 16.9 Å². The second-order valence-corrected chi connectivity index (χ2v) is 6.93. The molecule has 10 heteroatoms. The Balaban J connectivity index is 1.85. The number of para-hydroxylation sites is 2. The predicted molar refractivity (Wildman–Crippen MR) is 112 cm³/mol. The zero-order chi connectivity index (χ0) is 21.1. The molecule has 0 aliphatic carbocycles. The number of rotatable bonds is 7. The Labute approximate surface area is 172 Å². The maximum absolute atomic E-state index is 12.8. The minimum atomic E-state index is -0.625. The summed E-state index contributed by atoms with van der Waals surface area (Å²) in [6.45, 7) is 3.49. The number of carbonyl (C=O) groups is 1. The molecular weight excluding hydrogens is 388 g/mol. The number of nitrogens with one attached hydrogen (secondary N) is 3. The molecule has 1 fully saturated rings. The zero-order valence-corrected chi connectivity index (χ0v) is 16.9. The molecule has 3 heterocycles. The standard InChI is InChI=1S/C20H24N6O4/c1-3-30-18(27)16-15-17(25-19(23-16)22-11-12-7-6-10-21-12)26(20(28)24-15)13-8-4-5-9-14(13)29-2/h4-5,8-9,12,21H,3,6-7,10-11H2,1-2H3,(H,24,28)(H,22,23,25)/t12-/m0/s1. The molecule has 158 valence electrons. The second kappa shape index (κ2) is 8.54. The molecule has 3 N–H and O–H groups in total. The highest BCUT2D eigenvalue weighted by molar-refractivity contribution is 5.99. The summed E-state index contributed by atoms with van der Waals surface area (Å²) in [4.78, 5) is 36.9. The molecule has 0 amide bonds. The van der Waals surface area contributed by atoms with Gasteiger partial charge in [0.1, 0.15) is 11.3 Å². The number of benzene rings is 1. The Bertz CT molecular complexity index is 1120. The molecule has 2 aromatic heterocycles. The summed E-state index contributed by atoms with van der Waals surface area (Å²) in [5, 5.41) is 6.57. The fourth-order valence-electron chi connectivity index (χ4n) is 3.59. The summed E-state index contributed by atoms with van der Waals surface area (Å²) in [5.74, 6) is 0.128. The van der Waals surface area contributed by atoms with Crippen LogP contribution in [0.15, 0.2) is 29.1 Å². The van der Waals surface area contributed by atoms with Crippen LogP contribution in [0.3, 0.4) is 0 Å². The van der Waals surface area contributed by atoms with Gasteiger partial charge in [-0.25, -0.2) is 19.1 Å². The molecule has 4 rings (SSSR count). The van der Waals surface area contributed by atoms with Gasteiger partial charge in [0.25, 0.3) is 0 Å². The number of ether oxygens (including phenoxy) is 2. The van der Waals surface area contributed by atoms with Crippen LogP contribution in [0.5, 0.6) is 5.75 Å². The molecule has 0 bridgehead atoms. The Morgan fingerprint density at radius 3 is 2.90 bits per heavy atom. The van der Waals surface area contributed by atoms with Gasteiger partial charge in [-0.3, -0.25) is 0 Å². The number of esters is 1. The van der Waals surface area contributed by atoms with Gasteiger partial charge in [0, 0.05) is 12.6 Å². The maximum Gasteiger partial charge on any atom is 0.359 e. The summed E-state index contributed by atoms with van der Waals surface area (Å²) < 4.78 is 11.9. The van der Waals surface area contributed by atoms with Crippen molar-refractivity contribution in [1.29, 1.82) is 0 Å². The lowest BCUT2D eigenvalue weighted by Gasteiger charge is -2.13. The molecule has 0 spiro atoms. The maximum atomic E-state index is 12.8. The number of aromatic amines is 1. The molecule has 1 saturated heterocycles. The summed E-state index contributed by atoms with van der Waals surface area (Å²) >= 11 is 0. The van der Waals surface area contributed by atoms with Crippen LogP contribution >= 0.6 is 0 Å². The van der Waals surface area contributed by atoms with E-state index in [0.717, 1.165) is 19.4 Å². The van der Waals surface area contributed by atoms with Crippen molar-refractivity contribution < 1.29 is 14.3 Å². The number of hydrogen-bond acceptors (Lipinski definition) is 8. The molecule has 10 nitrogen and oxygen atoms in total. The highest BCUT2D eigenvalue weighted by Crippen LogP contribution is 2.25. The second-order valence-electron chi connectivity index (χ2n) is 6.93. The van der Waals surface area contributed by atoms with Crippen molar-refractivity contribution in [3.63, 3.8) is 0 Å². The van der Waals surface area contributed by atoms with Crippen molar-refractivity contribution >= 4 is 23.1 Å². The van der Waals surface area contributed by atoms with Crippen LogP contribution < -0.4 is 21.1 Å². The molecule has 0 radical (unpaired) electrons. The van der Waals surface area contributed by atoms with Crippen LogP contribution in [0.4, 0.5) is 5.95 Å². The summed E-state index contributed by atoms with van der Waals surface area (Å²) in [5.41, 5.74) is 0.546. The first-order chi connectivity index (χ1) is 14.6. The fraction of sp³-hybridized carbons (Fsp3) is 0.400. The highest BCUT2D eigenvalue weighted by atomic mass is 16.5. The van der Waals surface area contributed by atoms with E-state index in [2.05, 4.69) is 25.6 Å². The Morgan fingerprint density at radius 1 is 1.33 bits per heavy atom. The normalized spacial score (nSPS) is 16.0. The number of fused-ring (bicyclic) bond motifs is 1. The number of anilines is 1. The Kier molecular flexibility index (Phi) is 5.66. The number of H-pyrrole nitrogens is 1. The van der Waals surface area contributed by atoms with Crippen LogP contribution in [-0.4, -0.2) is 58.3 Å². The average Bonchev–Trinajstić information content (AvgIpc) is 3.38. The van der Waals surface area contributed by atoms with E-state index < -0.39 is 11.7 Å². The van der Waals surface area contributed by atoms with Gasteiger partial charge in [-0.1, -0.05) is 12.1 Å². The van der Waals surface area contributed by atoms with Crippen molar-refractivity contribution in [1.82, 2.24) is 24.8 Å². The third kappa shape index (κ3) is 3.73. The smallest absolute Gasteiger partial charge is 0.359 e. The molecule has 1 atom stereocenters. The van der Waals surface area contributed by atoms with Gasteiger partial charge in [-0.15, -0.1) is 0 Å². The third-order valence-corrected chi connectivity index (χ3v) is 5.00. The molecule has 0 saturated carbocycles. The van der Waals surface area contributed by atoms with Crippen LogP contribution in [0.1, 0.15) is 30.3 Å². The fourth-order valence-corrected chi connectivity index (χ4v) is 3.59. The summed E-state index contributed by atoms with van der Waals surface area (Å²) in [6, 6.07) is 7.40. The van der Waals surface area contributed by atoms with E-state index in [1.807, 2.05) is 6.07 Å². The lowest BCUT2D eigenvalue weighted by atomic mass is 10.2. The molecule has 1 aliphatic heterocycles. The molecule has 1 aromatic carbocycles. The average molecular weight is 412 g/mol. The van der Waals surface area contributed by atoms with E-state index in [1.165, 1.54) is 11.7 Å². The van der Waals surface area contributed by atoms with Crippen molar-refractivity contribution in [2.45, 2.75) is 25.8 Å². The number of hydrogen-bond donors (Lipinski definition) is 3. The molecule has 30 heavy (non-hydrogen) atoms. The third-order valence-electron chi connectivity index (χ3n) is 5.00. The largest absolute Gasteiger partial charge is 0.495 e. The van der Waals surface area contributed by atoms with Crippen molar-refractivity contribution in [2.24, 2.45) is 0 Å². The highest BCUT2D eigenvalue weighted by Gasteiger charge is 2.23. The minimum Gasteiger partial charge on any atom is -0.495 e. The van der Waals surface area contributed by atoms with Gasteiger partial charge in [-0.2, -0.15) is 4.98 Å². The first kappa shape index (κ1) is 19.9. The quantitative estimate of drug-likeness (QED) is 0.499. The summed E-state index contributed by atoms with van der Waals surface area (Å²) in [7, 11) is 1.53. The van der Waals surface area contributed by atoms with Crippen LogP contribution in [0, 0.1) is 0 Å². The van der Waals surface area contributed by atoms with E-state index in [4.69, 9.17) is 9.47 Å². The molecule has 3 aromatic rings. The van der Waals surface area contributed by atoms with Gasteiger partial charge < -0.3 is 25.1 Å². The van der Waals surface area contributed by atoms with E-state index in [0.29, 0.717) is 24.0 Å². The molecular formula is C20H24N6O4. The van der Waals surface area contributed by atoms with E-state index in [9.17, 15) is 9.59 Å². The van der Waals surface area contributed by atoms with Gasteiger partial charge in [0.2, 0.25) is 5.95 Å². The van der Waals surface area contributed by atoms with Crippen molar-refractivity contribution in [3.05, 3.63) is 40.4 Å². The first-order valence-electron chi connectivity index (χ1n) is 9.93. The van der Waals surface area contributed by atoms with E-state index >= 15 is 0 Å². The summed E-state index contributed by atoms with van der Waals surface area (Å²) in [6.07, 6.45) is 2.17. The minimum absolute atomic E-state index is 0.00878. The number of nitrogens with zero attached hydrogens (tertiary/aromatic N) is 3. The zero-order valence-electron chi connectivity index (χ0n) is 16.9. The predicted octanol–water partition coefficient (Wildman–Crippen LogP) is 1.46. The molecule has 1 aliphatic rings. The van der Waals surface area contributed by atoms with E-state index in [-0.39, 0.29) is 29.4 Å². The van der Waals surface area contributed by atoms with Crippen LogP contribution in [0.2, 0.25) is 0 Å². The first-order valence-corrected chi connectivity index (χ1v) is 9.93. The van der Waals surface area contributed by atoms with Gasteiger partial charge in [-0.05, 0) is 38.4 Å². The lowest BCUT2D eigenvalue weighted by molar-refractivity contribution is 0.0522. The Hall–Kier alpha value is -3.40. The lowest BCUT2D eigenvalue weighted by Crippen LogP contribution is -2.30. The number of imidazole rings is 1. The van der Waals surface area contributed by atoms with Gasteiger partial charge in [0.15, 0.2) is 11.3 Å². The number of carbonyl (C=O) groups excluding carboxylic acids is 1. The topological polar surface area (TPSA) is 123 Å². The monoisotopic (exact) mass is 412 g/mol. The van der Waals surface area contributed by atoms with Crippen molar-refractivity contribution in [3.8, 4) is 11.4 Å². The molecule has 0 unspecified atom stereocenters.